The first kappa shape index (κ1) is 20.7. The van der Waals surface area contributed by atoms with Crippen LogP contribution < -0.4 is 5.32 Å². The van der Waals surface area contributed by atoms with E-state index in [4.69, 9.17) is 0 Å². The predicted octanol–water partition coefficient (Wildman–Crippen LogP) is 5.36. The van der Waals surface area contributed by atoms with Crippen molar-refractivity contribution in [2.75, 3.05) is 5.32 Å². The third-order valence-electron chi connectivity index (χ3n) is 5.43. The summed E-state index contributed by atoms with van der Waals surface area (Å²) < 4.78 is 42.7. The van der Waals surface area contributed by atoms with Crippen molar-refractivity contribution in [3.05, 3.63) is 83.4 Å². The molecule has 0 aliphatic carbocycles. The number of hydrogen-bond acceptors (Lipinski definition) is 4. The van der Waals surface area contributed by atoms with Gasteiger partial charge in [0.05, 0.1) is 28.8 Å². The average Bonchev–Trinajstić information content (AvgIpc) is 3.40. The zero-order chi connectivity index (χ0) is 23.1. The Kier molecular flexibility index (Phi) is 5.08. The van der Waals surface area contributed by atoms with Crippen molar-refractivity contribution in [3.63, 3.8) is 0 Å². The number of hydrogen-bond donors (Lipinski definition) is 2. The fourth-order valence-corrected chi connectivity index (χ4v) is 3.73. The molecule has 3 heterocycles. The molecule has 0 spiro atoms. The first-order valence-electron chi connectivity index (χ1n) is 10.2. The summed E-state index contributed by atoms with van der Waals surface area (Å²) in [5.41, 5.74) is 4.67. The lowest BCUT2D eigenvalue weighted by molar-refractivity contribution is 0.442. The SMILES string of the molecule is Cc1cccc(-c2[nH]c(NCc3ccc(F)c(F)c3F)nc2-c2ccc3c(cnn3C)c2)n1. The molecule has 2 N–H and O–H groups in total. The summed E-state index contributed by atoms with van der Waals surface area (Å²) in [5, 5.41) is 8.21. The van der Waals surface area contributed by atoms with Crippen LogP contribution in [0.4, 0.5) is 19.1 Å². The minimum Gasteiger partial charge on any atom is -0.352 e. The van der Waals surface area contributed by atoms with E-state index in [2.05, 4.69) is 25.4 Å². The number of nitrogens with zero attached hydrogens (tertiary/aromatic N) is 4. The Morgan fingerprint density at radius 2 is 1.85 bits per heavy atom. The van der Waals surface area contributed by atoms with Crippen LogP contribution in [0, 0.1) is 24.4 Å². The Labute approximate surface area is 187 Å². The number of halogens is 3. The van der Waals surface area contributed by atoms with Crippen LogP contribution in [0.2, 0.25) is 0 Å². The number of H-pyrrole nitrogens is 1. The molecule has 166 valence electrons. The van der Waals surface area contributed by atoms with Crippen molar-refractivity contribution in [1.82, 2.24) is 24.7 Å². The Hall–Kier alpha value is -4.14. The topological polar surface area (TPSA) is 71.4 Å². The maximum Gasteiger partial charge on any atom is 0.201 e. The van der Waals surface area contributed by atoms with E-state index in [1.807, 2.05) is 50.4 Å². The number of aromatic amines is 1. The van der Waals surface area contributed by atoms with Crippen LogP contribution >= 0.6 is 0 Å². The second-order valence-electron chi connectivity index (χ2n) is 7.70. The summed E-state index contributed by atoms with van der Waals surface area (Å²) in [7, 11) is 1.87. The molecule has 0 fully saturated rings. The highest BCUT2D eigenvalue weighted by atomic mass is 19.2. The van der Waals surface area contributed by atoms with Crippen molar-refractivity contribution in [1.29, 1.82) is 0 Å². The molecule has 0 unspecified atom stereocenters. The molecule has 33 heavy (non-hydrogen) atoms. The monoisotopic (exact) mass is 448 g/mol. The first-order chi connectivity index (χ1) is 15.9. The van der Waals surface area contributed by atoms with E-state index in [0.29, 0.717) is 23.0 Å². The van der Waals surface area contributed by atoms with E-state index in [1.165, 1.54) is 6.07 Å². The summed E-state index contributed by atoms with van der Waals surface area (Å²) in [4.78, 5) is 12.5. The minimum atomic E-state index is -1.50. The molecular weight excluding hydrogens is 429 g/mol. The third-order valence-corrected chi connectivity index (χ3v) is 5.43. The van der Waals surface area contributed by atoms with Gasteiger partial charge in [-0.05, 0) is 37.3 Å². The van der Waals surface area contributed by atoms with E-state index >= 15 is 0 Å². The van der Waals surface area contributed by atoms with Crippen LogP contribution in [-0.4, -0.2) is 24.7 Å². The molecule has 0 aliphatic rings. The largest absolute Gasteiger partial charge is 0.352 e. The number of anilines is 1. The van der Waals surface area contributed by atoms with E-state index < -0.39 is 17.5 Å². The fraction of sp³-hybridized carbons (Fsp3) is 0.125. The molecule has 5 aromatic rings. The van der Waals surface area contributed by atoms with Crippen LogP contribution in [0.3, 0.4) is 0 Å². The average molecular weight is 448 g/mol. The first-order valence-corrected chi connectivity index (χ1v) is 10.2. The minimum absolute atomic E-state index is 0.0149. The molecule has 3 aromatic heterocycles. The zero-order valence-electron chi connectivity index (χ0n) is 17.8. The number of aryl methyl sites for hydroxylation is 2. The van der Waals surface area contributed by atoms with Gasteiger partial charge in [0.1, 0.15) is 0 Å². The Balaban J connectivity index is 1.55. The molecule has 6 nitrogen and oxygen atoms in total. The van der Waals surface area contributed by atoms with Crippen molar-refractivity contribution in [2.24, 2.45) is 7.05 Å². The van der Waals surface area contributed by atoms with E-state index in [0.717, 1.165) is 28.2 Å². The Morgan fingerprint density at radius 3 is 2.67 bits per heavy atom. The Bertz CT molecular complexity index is 1490. The Morgan fingerprint density at radius 1 is 1.00 bits per heavy atom. The van der Waals surface area contributed by atoms with Gasteiger partial charge in [-0.15, -0.1) is 0 Å². The van der Waals surface area contributed by atoms with E-state index in [1.54, 1.807) is 10.9 Å². The number of aromatic nitrogens is 5. The second-order valence-corrected chi connectivity index (χ2v) is 7.70. The standard InChI is InChI=1S/C24H19F3N6/c1-13-4-3-5-18(30-13)23-22(14-7-9-19-16(10-14)12-29-33(19)2)31-24(32-23)28-11-15-6-8-17(25)21(27)20(15)26/h3-10,12H,11H2,1-2H3,(H2,28,31,32). The highest BCUT2D eigenvalue weighted by molar-refractivity contribution is 5.87. The maximum atomic E-state index is 14.1. The number of benzene rings is 2. The fourth-order valence-electron chi connectivity index (χ4n) is 3.73. The third kappa shape index (κ3) is 3.82. The summed E-state index contributed by atoms with van der Waals surface area (Å²) in [5.74, 6) is -3.60. The van der Waals surface area contributed by atoms with Gasteiger partial charge in [-0.1, -0.05) is 18.2 Å². The number of fused-ring (bicyclic) bond motifs is 1. The van der Waals surface area contributed by atoms with E-state index in [-0.39, 0.29) is 12.1 Å². The lowest BCUT2D eigenvalue weighted by Crippen LogP contribution is -2.05. The van der Waals surface area contributed by atoms with Gasteiger partial charge >= 0.3 is 0 Å². The highest BCUT2D eigenvalue weighted by Crippen LogP contribution is 2.32. The van der Waals surface area contributed by atoms with Gasteiger partial charge < -0.3 is 10.3 Å². The second kappa shape index (κ2) is 8.09. The molecule has 9 heteroatoms. The summed E-state index contributed by atoms with van der Waals surface area (Å²) in [6.07, 6.45) is 1.78. The smallest absolute Gasteiger partial charge is 0.201 e. The molecule has 0 amide bonds. The normalized spacial score (nSPS) is 11.3. The van der Waals surface area contributed by atoms with Crippen molar-refractivity contribution < 1.29 is 13.2 Å². The van der Waals surface area contributed by atoms with Gasteiger partial charge in [-0.3, -0.25) is 9.67 Å². The van der Waals surface area contributed by atoms with Crippen LogP contribution in [0.1, 0.15) is 11.3 Å². The zero-order valence-corrected chi connectivity index (χ0v) is 17.8. The lowest BCUT2D eigenvalue weighted by atomic mass is 10.1. The van der Waals surface area contributed by atoms with Crippen LogP contribution in [0.15, 0.2) is 54.7 Å². The molecule has 0 atom stereocenters. The van der Waals surface area contributed by atoms with E-state index in [9.17, 15) is 13.2 Å². The van der Waals surface area contributed by atoms with Crippen LogP contribution in [-0.2, 0) is 13.6 Å². The molecule has 0 bridgehead atoms. The molecule has 2 aromatic carbocycles. The molecule has 0 aliphatic heterocycles. The number of rotatable bonds is 5. The summed E-state index contributed by atoms with van der Waals surface area (Å²) in [6.45, 7) is 1.81. The maximum absolute atomic E-state index is 14.1. The van der Waals surface area contributed by atoms with Gasteiger partial charge in [0.2, 0.25) is 5.95 Å². The number of imidazole rings is 1. The lowest BCUT2D eigenvalue weighted by Gasteiger charge is -2.06. The molecule has 0 saturated heterocycles. The van der Waals surface area contributed by atoms with Crippen molar-refractivity contribution >= 4 is 16.9 Å². The molecule has 0 saturated carbocycles. The number of nitrogens with one attached hydrogen (secondary N) is 2. The van der Waals surface area contributed by atoms with Crippen LogP contribution in [0.5, 0.6) is 0 Å². The van der Waals surface area contributed by atoms with Crippen LogP contribution in [0.25, 0.3) is 33.5 Å². The molecule has 5 rings (SSSR count). The van der Waals surface area contributed by atoms with Crippen molar-refractivity contribution in [2.45, 2.75) is 13.5 Å². The quantitative estimate of drug-likeness (QED) is 0.355. The van der Waals surface area contributed by atoms with Gasteiger partial charge in [-0.25, -0.2) is 18.2 Å². The molecule has 0 radical (unpaired) electrons. The summed E-state index contributed by atoms with van der Waals surface area (Å²) >= 11 is 0. The predicted molar refractivity (Wildman–Crippen MR) is 120 cm³/mol. The van der Waals surface area contributed by atoms with Crippen molar-refractivity contribution in [3.8, 4) is 22.6 Å². The van der Waals surface area contributed by atoms with Gasteiger partial charge in [-0.2, -0.15) is 5.10 Å². The molecular formula is C24H19F3N6. The van der Waals surface area contributed by atoms with Gasteiger partial charge in [0.25, 0.3) is 0 Å². The highest BCUT2D eigenvalue weighted by Gasteiger charge is 2.18. The summed E-state index contributed by atoms with van der Waals surface area (Å²) in [6, 6.07) is 13.6. The van der Waals surface area contributed by atoms with Gasteiger partial charge in [0.15, 0.2) is 17.5 Å². The van der Waals surface area contributed by atoms with Gasteiger partial charge in [0, 0.05) is 35.8 Å². The number of pyridine rings is 1.